The van der Waals surface area contributed by atoms with Gasteiger partial charge in [-0.15, -0.1) is 0 Å². The molecule has 0 atom stereocenters. The van der Waals surface area contributed by atoms with E-state index in [1.54, 1.807) is 25.1 Å². The Bertz CT molecular complexity index is 1090. The highest BCUT2D eigenvalue weighted by Crippen LogP contribution is 2.21. The molecule has 2 aromatic carbocycles. The van der Waals surface area contributed by atoms with Gasteiger partial charge >= 0.3 is 5.97 Å². The molecule has 4 heteroatoms. The summed E-state index contributed by atoms with van der Waals surface area (Å²) < 4.78 is 11.1. The van der Waals surface area contributed by atoms with Crippen LogP contribution in [0.2, 0.25) is 0 Å². The van der Waals surface area contributed by atoms with Gasteiger partial charge in [-0.2, -0.15) is 0 Å². The molecule has 144 valence electrons. The third-order valence-electron chi connectivity index (χ3n) is 4.50. The first-order valence-corrected chi connectivity index (χ1v) is 9.55. The minimum atomic E-state index is -0.440. The predicted octanol–water partition coefficient (Wildman–Crippen LogP) is 5.40. The molecule has 3 rings (SSSR count). The van der Waals surface area contributed by atoms with Gasteiger partial charge < -0.3 is 9.15 Å². The lowest BCUT2D eigenvalue weighted by Crippen LogP contribution is -2.12. The van der Waals surface area contributed by atoms with Crippen LogP contribution in [0.3, 0.4) is 0 Å². The molecular weight excluding hydrogens is 352 g/mol. The molecule has 0 radical (unpaired) electrons. The van der Waals surface area contributed by atoms with Crippen molar-refractivity contribution in [3.63, 3.8) is 0 Å². The molecule has 0 spiro atoms. The average molecular weight is 376 g/mol. The zero-order valence-corrected chi connectivity index (χ0v) is 16.5. The van der Waals surface area contributed by atoms with Crippen molar-refractivity contribution in [2.45, 2.75) is 33.6 Å². The van der Waals surface area contributed by atoms with Crippen molar-refractivity contribution in [2.75, 3.05) is 6.61 Å². The molecule has 0 aliphatic heterocycles. The number of ether oxygens (including phenoxy) is 1. The Labute approximate surface area is 164 Å². The van der Waals surface area contributed by atoms with E-state index in [1.807, 2.05) is 44.2 Å². The molecule has 0 aliphatic carbocycles. The maximum absolute atomic E-state index is 13.1. The average Bonchev–Trinajstić information content (AvgIpc) is 2.69. The number of esters is 1. The molecule has 0 unspecified atom stereocenters. The smallest absolute Gasteiger partial charge is 0.338 e. The van der Waals surface area contributed by atoms with E-state index in [0.29, 0.717) is 34.3 Å². The molecule has 0 saturated carbocycles. The van der Waals surface area contributed by atoms with E-state index in [-0.39, 0.29) is 12.0 Å². The van der Waals surface area contributed by atoms with Gasteiger partial charge in [-0.05, 0) is 50.1 Å². The van der Waals surface area contributed by atoms with Crippen molar-refractivity contribution in [1.29, 1.82) is 0 Å². The summed E-state index contributed by atoms with van der Waals surface area (Å²) in [6, 6.07) is 13.0. The van der Waals surface area contributed by atoms with Crippen molar-refractivity contribution < 1.29 is 13.9 Å². The first-order valence-electron chi connectivity index (χ1n) is 9.55. The lowest BCUT2D eigenvalue weighted by atomic mass is 10.0. The molecule has 28 heavy (non-hydrogen) atoms. The quantitative estimate of drug-likeness (QED) is 0.541. The fourth-order valence-corrected chi connectivity index (χ4v) is 3.16. The van der Waals surface area contributed by atoms with E-state index in [1.165, 1.54) is 5.56 Å². The number of hydrogen-bond acceptors (Lipinski definition) is 4. The zero-order valence-electron chi connectivity index (χ0n) is 16.5. The third kappa shape index (κ3) is 4.22. The minimum absolute atomic E-state index is 0.0989. The van der Waals surface area contributed by atoms with E-state index in [0.717, 1.165) is 12.0 Å². The number of carbonyl (C=O) groups excluding carboxylic acids is 1. The van der Waals surface area contributed by atoms with E-state index in [4.69, 9.17) is 9.15 Å². The monoisotopic (exact) mass is 376 g/mol. The molecule has 0 N–H and O–H groups in total. The topological polar surface area (TPSA) is 56.5 Å². The van der Waals surface area contributed by atoms with Gasteiger partial charge in [-0.3, -0.25) is 4.79 Å². The van der Waals surface area contributed by atoms with Crippen LogP contribution in [0.25, 0.3) is 23.1 Å². The number of hydrogen-bond donors (Lipinski definition) is 0. The van der Waals surface area contributed by atoms with Crippen molar-refractivity contribution in [2.24, 2.45) is 0 Å². The molecule has 3 aromatic rings. The summed E-state index contributed by atoms with van der Waals surface area (Å²) in [5.41, 5.74) is 3.55. The minimum Gasteiger partial charge on any atom is -0.462 e. The van der Waals surface area contributed by atoms with Crippen LogP contribution >= 0.6 is 0 Å². The second kappa shape index (κ2) is 8.70. The molecule has 1 heterocycles. The molecule has 0 aliphatic rings. The Morgan fingerprint density at radius 2 is 1.93 bits per heavy atom. The van der Waals surface area contributed by atoms with Crippen molar-refractivity contribution in [1.82, 2.24) is 0 Å². The number of rotatable bonds is 6. The fraction of sp³-hybridized carbons (Fsp3) is 0.250. The molecule has 0 fully saturated rings. The fourth-order valence-electron chi connectivity index (χ4n) is 3.16. The number of benzene rings is 2. The Hall–Kier alpha value is -3.14. The summed E-state index contributed by atoms with van der Waals surface area (Å²) in [4.78, 5) is 25.1. The van der Waals surface area contributed by atoms with Crippen LogP contribution in [0.5, 0.6) is 0 Å². The van der Waals surface area contributed by atoms with Crippen LogP contribution in [0.1, 0.15) is 53.1 Å². The lowest BCUT2D eigenvalue weighted by molar-refractivity contribution is 0.0526. The Balaban J connectivity index is 2.10. The maximum Gasteiger partial charge on any atom is 0.338 e. The lowest BCUT2D eigenvalue weighted by Gasteiger charge is -2.08. The Morgan fingerprint density at radius 3 is 2.64 bits per heavy atom. The largest absolute Gasteiger partial charge is 0.462 e. The van der Waals surface area contributed by atoms with Crippen LogP contribution in [-0.4, -0.2) is 12.6 Å². The van der Waals surface area contributed by atoms with Gasteiger partial charge in [0.25, 0.3) is 0 Å². The van der Waals surface area contributed by atoms with Gasteiger partial charge in [-0.1, -0.05) is 49.2 Å². The summed E-state index contributed by atoms with van der Waals surface area (Å²) >= 11 is 0. The highest BCUT2D eigenvalue weighted by Gasteiger charge is 2.15. The van der Waals surface area contributed by atoms with Gasteiger partial charge in [0.05, 0.1) is 17.6 Å². The van der Waals surface area contributed by atoms with Crippen molar-refractivity contribution in [3.8, 4) is 0 Å². The first-order chi connectivity index (χ1) is 13.5. The van der Waals surface area contributed by atoms with Crippen molar-refractivity contribution in [3.05, 3.63) is 80.7 Å². The van der Waals surface area contributed by atoms with Gasteiger partial charge in [-0.25, -0.2) is 4.79 Å². The SMILES string of the molecule is CCCc1c(/C=C/c2cccc(C)c2)oc2ccc(C(=O)OCC)cc2c1=O. The third-order valence-corrected chi connectivity index (χ3v) is 4.50. The van der Waals surface area contributed by atoms with Crippen LogP contribution in [-0.2, 0) is 11.2 Å². The van der Waals surface area contributed by atoms with E-state index in [2.05, 4.69) is 6.07 Å². The van der Waals surface area contributed by atoms with Gasteiger partial charge in [0, 0.05) is 5.56 Å². The van der Waals surface area contributed by atoms with Crippen LogP contribution in [0.4, 0.5) is 0 Å². The van der Waals surface area contributed by atoms with Crippen molar-refractivity contribution >= 4 is 29.1 Å². The van der Waals surface area contributed by atoms with E-state index < -0.39 is 5.97 Å². The molecule has 0 amide bonds. The van der Waals surface area contributed by atoms with Gasteiger partial charge in [0.2, 0.25) is 0 Å². The summed E-state index contributed by atoms with van der Waals surface area (Å²) in [6.45, 7) is 6.10. The maximum atomic E-state index is 13.1. The van der Waals surface area contributed by atoms with E-state index >= 15 is 0 Å². The van der Waals surface area contributed by atoms with E-state index in [9.17, 15) is 9.59 Å². The zero-order chi connectivity index (χ0) is 20.1. The first kappa shape index (κ1) is 19.6. The van der Waals surface area contributed by atoms with Gasteiger partial charge in [0.1, 0.15) is 11.3 Å². The summed E-state index contributed by atoms with van der Waals surface area (Å²) in [6.07, 6.45) is 5.22. The number of aryl methyl sites for hydroxylation is 1. The van der Waals surface area contributed by atoms with Gasteiger partial charge in [0.15, 0.2) is 5.43 Å². The molecule has 4 nitrogen and oxygen atoms in total. The number of carbonyl (C=O) groups is 1. The second-order valence-electron chi connectivity index (χ2n) is 6.70. The molecular formula is C24H24O4. The molecule has 0 bridgehead atoms. The number of fused-ring (bicyclic) bond motifs is 1. The normalized spacial score (nSPS) is 11.2. The summed E-state index contributed by atoms with van der Waals surface area (Å²) in [5.74, 6) is 0.119. The molecule has 0 saturated heterocycles. The summed E-state index contributed by atoms with van der Waals surface area (Å²) in [7, 11) is 0. The second-order valence-corrected chi connectivity index (χ2v) is 6.70. The Morgan fingerprint density at radius 1 is 1.11 bits per heavy atom. The van der Waals surface area contributed by atoms with Crippen LogP contribution in [0.15, 0.2) is 51.7 Å². The standard InChI is InChI=1S/C24H24O4/c1-4-7-19-21(12-10-17-9-6-8-16(3)14-17)28-22-13-11-18(24(26)27-5-2)15-20(22)23(19)25/h6,8-15H,4-5,7H2,1-3H3/b12-10+. The highest BCUT2D eigenvalue weighted by molar-refractivity contribution is 5.94. The van der Waals surface area contributed by atoms with Crippen LogP contribution in [0, 0.1) is 6.92 Å². The predicted molar refractivity (Wildman–Crippen MR) is 113 cm³/mol. The highest BCUT2D eigenvalue weighted by atomic mass is 16.5. The Kier molecular flexibility index (Phi) is 6.09. The summed E-state index contributed by atoms with van der Waals surface area (Å²) in [5, 5.41) is 0.404. The van der Waals surface area contributed by atoms with Crippen LogP contribution < -0.4 is 5.43 Å². The molecule has 1 aromatic heterocycles.